The second-order valence-corrected chi connectivity index (χ2v) is 4.36. The van der Waals surface area contributed by atoms with Crippen molar-refractivity contribution in [3.63, 3.8) is 0 Å². The van der Waals surface area contributed by atoms with Crippen LogP contribution in [0.4, 0.5) is 0 Å². The highest BCUT2D eigenvalue weighted by Gasteiger charge is 2.21. The van der Waals surface area contributed by atoms with Crippen molar-refractivity contribution in [3.8, 4) is 5.75 Å². The van der Waals surface area contributed by atoms with E-state index >= 15 is 0 Å². The molecule has 1 aliphatic rings. The average Bonchev–Trinajstić information content (AvgIpc) is 2.27. The Morgan fingerprint density at radius 3 is 2.93 bits per heavy atom. The van der Waals surface area contributed by atoms with E-state index in [2.05, 4.69) is 18.7 Å². The molecule has 15 heavy (non-hydrogen) atoms. The third-order valence-electron chi connectivity index (χ3n) is 3.11. The van der Waals surface area contributed by atoms with Gasteiger partial charge in [0.2, 0.25) is 0 Å². The molecule has 1 atom stereocenters. The first-order valence-electron chi connectivity index (χ1n) is 5.30. The van der Waals surface area contributed by atoms with Crippen LogP contribution in [0.5, 0.6) is 5.75 Å². The molecule has 3 heteroatoms. The molecule has 1 aromatic carbocycles. The van der Waals surface area contributed by atoms with Gasteiger partial charge >= 0.3 is 0 Å². The van der Waals surface area contributed by atoms with E-state index in [0.29, 0.717) is 0 Å². The summed E-state index contributed by atoms with van der Waals surface area (Å²) in [5.41, 5.74) is 10.0. The van der Waals surface area contributed by atoms with Crippen molar-refractivity contribution in [1.29, 1.82) is 0 Å². The van der Waals surface area contributed by atoms with Crippen molar-refractivity contribution in [1.82, 2.24) is 0 Å². The first kappa shape index (κ1) is 10.8. The van der Waals surface area contributed by atoms with Crippen LogP contribution < -0.4 is 10.5 Å². The van der Waals surface area contributed by atoms with Crippen LogP contribution in [-0.2, 0) is 18.6 Å². The first-order valence-corrected chi connectivity index (χ1v) is 5.93. The second-order valence-electron chi connectivity index (χ2n) is 4.05. The van der Waals surface area contributed by atoms with Crippen LogP contribution in [0.3, 0.4) is 0 Å². The van der Waals surface area contributed by atoms with Crippen LogP contribution in [0.1, 0.15) is 23.1 Å². The van der Waals surface area contributed by atoms with E-state index in [4.69, 9.17) is 10.5 Å². The van der Waals surface area contributed by atoms with E-state index < -0.39 is 0 Å². The molecule has 0 saturated carbocycles. The van der Waals surface area contributed by atoms with E-state index in [1.54, 1.807) is 7.11 Å². The number of hydrogen-bond donors (Lipinski definition) is 2. The van der Waals surface area contributed by atoms with Gasteiger partial charge in [0, 0.05) is 11.8 Å². The second kappa shape index (κ2) is 4.45. The Kier molecular flexibility index (Phi) is 3.22. The van der Waals surface area contributed by atoms with E-state index in [1.807, 2.05) is 6.07 Å². The molecule has 0 fully saturated rings. The summed E-state index contributed by atoms with van der Waals surface area (Å²) in [6.45, 7) is 0. The normalized spacial score (nSPS) is 19.8. The maximum atomic E-state index is 5.99. The summed E-state index contributed by atoms with van der Waals surface area (Å²) >= 11 is 4.36. The third kappa shape index (κ3) is 1.99. The summed E-state index contributed by atoms with van der Waals surface area (Å²) in [6.07, 6.45) is 3.06. The lowest BCUT2D eigenvalue weighted by atomic mass is 9.85. The summed E-state index contributed by atoms with van der Waals surface area (Å²) in [7, 11) is 1.72. The van der Waals surface area contributed by atoms with Gasteiger partial charge in [0.15, 0.2) is 0 Å². The third-order valence-corrected chi connectivity index (χ3v) is 3.45. The molecule has 0 radical (unpaired) electrons. The minimum atomic E-state index is 0.279. The number of rotatable bonds is 2. The Hall–Kier alpha value is -0.670. The number of ether oxygens (including phenoxy) is 1. The molecule has 1 unspecified atom stereocenters. The van der Waals surface area contributed by atoms with E-state index in [0.717, 1.165) is 30.8 Å². The molecule has 0 saturated heterocycles. The van der Waals surface area contributed by atoms with Crippen molar-refractivity contribution >= 4 is 12.6 Å². The monoisotopic (exact) mass is 223 g/mol. The minimum absolute atomic E-state index is 0.279. The molecule has 1 aromatic rings. The molecule has 2 N–H and O–H groups in total. The van der Waals surface area contributed by atoms with Gasteiger partial charge < -0.3 is 10.5 Å². The summed E-state index contributed by atoms with van der Waals surface area (Å²) in [6, 6.07) is 4.42. The largest absolute Gasteiger partial charge is 0.496 e. The Bertz CT molecular complexity index is 365. The quantitative estimate of drug-likeness (QED) is 0.752. The van der Waals surface area contributed by atoms with Gasteiger partial charge in [-0.05, 0) is 42.0 Å². The molecular formula is C12H17NOS. The predicted octanol–water partition coefficient (Wildman–Crippen LogP) is 1.94. The summed E-state index contributed by atoms with van der Waals surface area (Å²) in [4.78, 5) is 0. The summed E-state index contributed by atoms with van der Waals surface area (Å²) < 4.78 is 5.38. The summed E-state index contributed by atoms with van der Waals surface area (Å²) in [5.74, 6) is 1.77. The van der Waals surface area contributed by atoms with Crippen molar-refractivity contribution < 1.29 is 4.74 Å². The first-order chi connectivity index (χ1) is 7.26. The van der Waals surface area contributed by atoms with Crippen molar-refractivity contribution in [3.05, 3.63) is 28.8 Å². The van der Waals surface area contributed by atoms with E-state index in [-0.39, 0.29) is 6.04 Å². The highest BCUT2D eigenvalue weighted by atomic mass is 32.1. The maximum Gasteiger partial charge on any atom is 0.122 e. The van der Waals surface area contributed by atoms with Crippen LogP contribution in [0.25, 0.3) is 0 Å². The number of hydrogen-bond acceptors (Lipinski definition) is 3. The SMILES string of the molecule is COc1ccc(CS)c2c1CC(N)CC2. The fourth-order valence-electron chi connectivity index (χ4n) is 2.29. The zero-order chi connectivity index (χ0) is 10.8. The van der Waals surface area contributed by atoms with Gasteiger partial charge in [-0.1, -0.05) is 6.07 Å². The van der Waals surface area contributed by atoms with Gasteiger partial charge in [0.1, 0.15) is 5.75 Å². The Balaban J connectivity index is 2.48. The van der Waals surface area contributed by atoms with Crippen molar-refractivity contribution in [2.45, 2.75) is 31.1 Å². The molecule has 2 nitrogen and oxygen atoms in total. The predicted molar refractivity (Wildman–Crippen MR) is 65.7 cm³/mol. The number of fused-ring (bicyclic) bond motifs is 1. The van der Waals surface area contributed by atoms with Gasteiger partial charge in [0.05, 0.1) is 7.11 Å². The number of thiol groups is 1. The van der Waals surface area contributed by atoms with Crippen LogP contribution >= 0.6 is 12.6 Å². The zero-order valence-corrected chi connectivity index (χ0v) is 9.89. The van der Waals surface area contributed by atoms with Gasteiger partial charge in [-0.2, -0.15) is 12.6 Å². The number of benzene rings is 1. The molecule has 0 spiro atoms. The molecule has 0 heterocycles. The van der Waals surface area contributed by atoms with E-state index in [9.17, 15) is 0 Å². The Morgan fingerprint density at radius 1 is 1.47 bits per heavy atom. The standard InChI is InChI=1S/C12H17NOS/c1-14-12-5-2-8(7-15)10-4-3-9(13)6-11(10)12/h2,5,9,15H,3-4,6-7,13H2,1H3. The fraction of sp³-hybridized carbons (Fsp3) is 0.500. The topological polar surface area (TPSA) is 35.2 Å². The molecule has 0 aromatic heterocycles. The fourth-order valence-corrected chi connectivity index (χ4v) is 2.58. The van der Waals surface area contributed by atoms with Crippen molar-refractivity contribution in [2.24, 2.45) is 5.73 Å². The highest BCUT2D eigenvalue weighted by Crippen LogP contribution is 2.32. The van der Waals surface area contributed by atoms with Gasteiger partial charge in [0.25, 0.3) is 0 Å². The Labute approximate surface area is 96.2 Å². The highest BCUT2D eigenvalue weighted by molar-refractivity contribution is 7.79. The molecule has 0 bridgehead atoms. The van der Waals surface area contributed by atoms with E-state index in [1.165, 1.54) is 16.7 Å². The summed E-state index contributed by atoms with van der Waals surface area (Å²) in [5, 5.41) is 0. The minimum Gasteiger partial charge on any atom is -0.496 e. The maximum absolute atomic E-state index is 5.99. The zero-order valence-electron chi connectivity index (χ0n) is 8.99. The molecular weight excluding hydrogens is 206 g/mol. The molecule has 2 rings (SSSR count). The molecule has 0 amide bonds. The molecule has 1 aliphatic carbocycles. The van der Waals surface area contributed by atoms with Crippen LogP contribution in [0.2, 0.25) is 0 Å². The molecule has 82 valence electrons. The lowest BCUT2D eigenvalue weighted by molar-refractivity contribution is 0.403. The lowest BCUT2D eigenvalue weighted by Gasteiger charge is -2.25. The molecule has 0 aliphatic heterocycles. The lowest BCUT2D eigenvalue weighted by Crippen LogP contribution is -2.28. The Morgan fingerprint density at radius 2 is 2.27 bits per heavy atom. The smallest absolute Gasteiger partial charge is 0.122 e. The number of methoxy groups -OCH3 is 1. The van der Waals surface area contributed by atoms with Crippen LogP contribution in [0.15, 0.2) is 12.1 Å². The van der Waals surface area contributed by atoms with Crippen molar-refractivity contribution in [2.75, 3.05) is 7.11 Å². The van der Waals surface area contributed by atoms with Crippen LogP contribution in [0, 0.1) is 0 Å². The van der Waals surface area contributed by atoms with Gasteiger partial charge in [-0.15, -0.1) is 0 Å². The number of nitrogens with two attached hydrogens (primary N) is 1. The van der Waals surface area contributed by atoms with Crippen LogP contribution in [-0.4, -0.2) is 13.2 Å². The average molecular weight is 223 g/mol. The van der Waals surface area contributed by atoms with Gasteiger partial charge in [-0.3, -0.25) is 0 Å². The van der Waals surface area contributed by atoms with Gasteiger partial charge in [-0.25, -0.2) is 0 Å².